The number of hydrazine groups is 1. The first kappa shape index (κ1) is 23.0. The maximum atomic E-state index is 12.7. The lowest BCUT2D eigenvalue weighted by atomic mass is 9.98. The summed E-state index contributed by atoms with van der Waals surface area (Å²) in [6.07, 6.45) is 7.32. The van der Waals surface area contributed by atoms with Crippen LogP contribution in [0.15, 0.2) is 24.3 Å². The van der Waals surface area contributed by atoms with Crippen LogP contribution in [0.1, 0.15) is 63.9 Å². The van der Waals surface area contributed by atoms with E-state index in [1.54, 1.807) is 7.11 Å². The Morgan fingerprint density at radius 2 is 1.83 bits per heavy atom. The second kappa shape index (κ2) is 13.0. The van der Waals surface area contributed by atoms with E-state index < -0.39 is 6.09 Å². The summed E-state index contributed by atoms with van der Waals surface area (Å²) in [5.74, 6) is 0.531. The second-order valence-electron chi connectivity index (χ2n) is 7.31. The summed E-state index contributed by atoms with van der Waals surface area (Å²) in [6, 6.07) is 7.37. The number of rotatable bonds is 10. The van der Waals surface area contributed by atoms with Crippen molar-refractivity contribution in [3.05, 3.63) is 29.8 Å². The summed E-state index contributed by atoms with van der Waals surface area (Å²) in [5, 5.41) is 1.31. The highest BCUT2D eigenvalue weighted by Gasteiger charge is 2.19. The van der Waals surface area contributed by atoms with Crippen molar-refractivity contribution >= 4 is 12.0 Å². The Morgan fingerprint density at radius 3 is 2.48 bits per heavy atom. The molecule has 162 valence electrons. The normalized spacial score (nSPS) is 14.3. The molecule has 0 aliphatic heterocycles. The number of hydrogen-bond donors (Lipinski definition) is 1. The van der Waals surface area contributed by atoms with Gasteiger partial charge in [-0.15, -0.1) is 0 Å². The van der Waals surface area contributed by atoms with Gasteiger partial charge in [0.15, 0.2) is 0 Å². The Hall–Kier alpha value is -2.28. The zero-order chi connectivity index (χ0) is 20.9. The second-order valence-corrected chi connectivity index (χ2v) is 7.31. The van der Waals surface area contributed by atoms with E-state index in [4.69, 9.17) is 14.2 Å². The van der Waals surface area contributed by atoms with Gasteiger partial charge in [-0.25, -0.2) is 15.2 Å². The van der Waals surface area contributed by atoms with Gasteiger partial charge in [0.05, 0.1) is 39.4 Å². The van der Waals surface area contributed by atoms with Gasteiger partial charge in [0.25, 0.3) is 0 Å². The molecule has 2 amide bonds. The molecule has 0 aromatic heterocycles. The molecular formula is C22H34N2O5. The molecule has 0 unspecified atom stereocenters. The van der Waals surface area contributed by atoms with E-state index in [0.717, 1.165) is 37.0 Å². The minimum Gasteiger partial charge on any atom is -0.497 e. The number of hydrogen-bond acceptors (Lipinski definition) is 5. The largest absolute Gasteiger partial charge is 0.497 e. The fraction of sp³-hybridized carbons (Fsp3) is 0.636. The van der Waals surface area contributed by atoms with Crippen molar-refractivity contribution in [2.75, 3.05) is 20.3 Å². The lowest BCUT2D eigenvalue weighted by Gasteiger charge is -2.25. The quantitative estimate of drug-likeness (QED) is 0.465. The van der Waals surface area contributed by atoms with E-state index >= 15 is 0 Å². The molecule has 7 heteroatoms. The Balaban J connectivity index is 1.90. The molecule has 1 aromatic carbocycles. The van der Waals surface area contributed by atoms with E-state index in [0.29, 0.717) is 13.2 Å². The first-order valence-corrected chi connectivity index (χ1v) is 10.6. The highest BCUT2D eigenvalue weighted by atomic mass is 16.6. The number of benzene rings is 1. The Labute approximate surface area is 173 Å². The number of methoxy groups -OCH3 is 1. The average Bonchev–Trinajstić information content (AvgIpc) is 2.74. The fourth-order valence-corrected chi connectivity index (χ4v) is 3.23. The molecule has 0 heterocycles. The highest BCUT2D eigenvalue weighted by Crippen LogP contribution is 2.20. The summed E-state index contributed by atoms with van der Waals surface area (Å²) in [5.41, 5.74) is 3.45. The third-order valence-corrected chi connectivity index (χ3v) is 4.98. The van der Waals surface area contributed by atoms with Crippen molar-refractivity contribution in [3.63, 3.8) is 0 Å². The van der Waals surface area contributed by atoms with Gasteiger partial charge < -0.3 is 14.2 Å². The van der Waals surface area contributed by atoms with E-state index in [1.165, 1.54) is 24.3 Å². The number of carbonyl (C=O) groups is 2. The molecule has 1 saturated carbocycles. The smallest absolute Gasteiger partial charge is 0.426 e. The van der Waals surface area contributed by atoms with Gasteiger partial charge in [-0.3, -0.25) is 4.79 Å². The first-order valence-electron chi connectivity index (χ1n) is 10.6. The lowest BCUT2D eigenvalue weighted by molar-refractivity contribution is -0.136. The lowest BCUT2D eigenvalue weighted by Crippen LogP contribution is -2.46. The molecule has 29 heavy (non-hydrogen) atoms. The standard InChI is InChI=1S/C22H34N2O5/c1-3-4-15-29-22(26)23-24(17-18-10-12-19(27-2)13-11-18)21(25)14-16-28-20-8-6-5-7-9-20/h10-13,20H,3-9,14-17H2,1-2H3,(H,23,26). The summed E-state index contributed by atoms with van der Waals surface area (Å²) < 4.78 is 16.2. The predicted octanol–water partition coefficient (Wildman–Crippen LogP) is 4.20. The zero-order valence-electron chi connectivity index (χ0n) is 17.7. The fourth-order valence-electron chi connectivity index (χ4n) is 3.23. The molecular weight excluding hydrogens is 372 g/mol. The van der Waals surface area contributed by atoms with Crippen molar-refractivity contribution < 1.29 is 23.8 Å². The Morgan fingerprint density at radius 1 is 1.10 bits per heavy atom. The number of nitrogens with zero attached hydrogens (tertiary/aromatic N) is 1. The van der Waals surface area contributed by atoms with Crippen LogP contribution in [0.2, 0.25) is 0 Å². The maximum absolute atomic E-state index is 12.7. The van der Waals surface area contributed by atoms with Gasteiger partial charge >= 0.3 is 6.09 Å². The van der Waals surface area contributed by atoms with Gasteiger partial charge in [-0.2, -0.15) is 0 Å². The van der Waals surface area contributed by atoms with Gasteiger partial charge in [0.1, 0.15) is 5.75 Å². The molecule has 1 N–H and O–H groups in total. The van der Waals surface area contributed by atoms with Crippen molar-refractivity contribution in [1.82, 2.24) is 10.4 Å². The molecule has 0 atom stereocenters. The minimum atomic E-state index is -0.617. The molecule has 1 fully saturated rings. The third kappa shape index (κ3) is 8.73. The summed E-state index contributed by atoms with van der Waals surface area (Å²) in [7, 11) is 1.60. The summed E-state index contributed by atoms with van der Waals surface area (Å²) in [4.78, 5) is 24.8. The number of nitrogens with one attached hydrogen (secondary N) is 1. The van der Waals surface area contributed by atoms with Crippen molar-refractivity contribution in [1.29, 1.82) is 0 Å². The number of carbonyl (C=O) groups excluding carboxylic acids is 2. The Kier molecular flexibility index (Phi) is 10.3. The minimum absolute atomic E-state index is 0.205. The van der Waals surface area contributed by atoms with E-state index in [1.807, 2.05) is 31.2 Å². The molecule has 7 nitrogen and oxygen atoms in total. The van der Waals surface area contributed by atoms with Gasteiger partial charge in [0.2, 0.25) is 5.91 Å². The van der Waals surface area contributed by atoms with Crippen LogP contribution in [0.3, 0.4) is 0 Å². The van der Waals surface area contributed by atoms with Crippen LogP contribution in [-0.2, 0) is 20.8 Å². The monoisotopic (exact) mass is 406 g/mol. The molecule has 0 spiro atoms. The molecule has 0 saturated heterocycles. The van der Waals surface area contributed by atoms with Crippen LogP contribution < -0.4 is 10.2 Å². The third-order valence-electron chi connectivity index (χ3n) is 4.98. The number of amides is 2. The highest BCUT2D eigenvalue weighted by molar-refractivity contribution is 5.79. The number of ether oxygens (including phenoxy) is 3. The van der Waals surface area contributed by atoms with Crippen LogP contribution in [-0.4, -0.2) is 43.4 Å². The average molecular weight is 407 g/mol. The van der Waals surface area contributed by atoms with Crippen LogP contribution in [0.4, 0.5) is 4.79 Å². The van der Waals surface area contributed by atoms with Crippen molar-refractivity contribution in [2.45, 2.75) is 70.9 Å². The Bertz CT molecular complexity index is 614. The summed E-state index contributed by atoms with van der Waals surface area (Å²) >= 11 is 0. The molecule has 2 rings (SSSR count). The molecule has 1 aliphatic carbocycles. The van der Waals surface area contributed by atoms with E-state index in [2.05, 4.69) is 5.43 Å². The van der Waals surface area contributed by atoms with Crippen LogP contribution in [0, 0.1) is 0 Å². The molecule has 0 radical (unpaired) electrons. The van der Waals surface area contributed by atoms with Crippen molar-refractivity contribution in [2.24, 2.45) is 0 Å². The summed E-state index contributed by atoms with van der Waals surface area (Å²) in [6.45, 7) is 2.95. The predicted molar refractivity (Wildman–Crippen MR) is 110 cm³/mol. The van der Waals surface area contributed by atoms with Crippen LogP contribution in [0.5, 0.6) is 5.75 Å². The van der Waals surface area contributed by atoms with E-state index in [9.17, 15) is 9.59 Å². The van der Waals surface area contributed by atoms with Crippen LogP contribution >= 0.6 is 0 Å². The zero-order valence-corrected chi connectivity index (χ0v) is 17.7. The van der Waals surface area contributed by atoms with Gasteiger partial charge in [-0.1, -0.05) is 44.7 Å². The SMILES string of the molecule is CCCCOC(=O)NN(Cc1ccc(OC)cc1)C(=O)CCOC1CCCCC1. The first-order chi connectivity index (χ1) is 14.1. The molecule has 1 aliphatic rings. The van der Waals surface area contributed by atoms with Crippen LogP contribution in [0.25, 0.3) is 0 Å². The topological polar surface area (TPSA) is 77.1 Å². The van der Waals surface area contributed by atoms with E-state index in [-0.39, 0.29) is 25.0 Å². The maximum Gasteiger partial charge on any atom is 0.426 e. The van der Waals surface area contributed by atoms with Gasteiger partial charge in [0, 0.05) is 0 Å². The number of unbranched alkanes of at least 4 members (excludes halogenated alkanes) is 1. The molecule has 1 aromatic rings. The van der Waals surface area contributed by atoms with Gasteiger partial charge in [-0.05, 0) is 37.0 Å². The molecule has 0 bridgehead atoms. The van der Waals surface area contributed by atoms with Crippen molar-refractivity contribution in [3.8, 4) is 5.75 Å².